The Kier molecular flexibility index (Phi) is 4.50. The lowest BCUT2D eigenvalue weighted by molar-refractivity contribution is -0.154. The molecule has 0 spiro atoms. The normalized spacial score (nSPS) is 22.1. The lowest BCUT2D eigenvalue weighted by Gasteiger charge is -2.37. The molecule has 2 fully saturated rings. The van der Waals surface area contributed by atoms with Crippen LogP contribution in [0.1, 0.15) is 36.8 Å². The summed E-state index contributed by atoms with van der Waals surface area (Å²) >= 11 is 0. The van der Waals surface area contributed by atoms with E-state index in [9.17, 15) is 4.79 Å². The van der Waals surface area contributed by atoms with E-state index in [0.29, 0.717) is 5.92 Å². The molecule has 0 radical (unpaired) electrons. The van der Waals surface area contributed by atoms with Crippen LogP contribution in [0.25, 0.3) is 0 Å². The Morgan fingerprint density at radius 3 is 2.41 bits per heavy atom. The number of carbonyl (C=O) groups is 1. The van der Waals surface area contributed by atoms with Crippen LogP contribution in [0.3, 0.4) is 0 Å². The van der Waals surface area contributed by atoms with Crippen LogP contribution in [0.4, 0.5) is 0 Å². The number of likely N-dealkylation sites (tertiary alicyclic amines) is 1. The van der Waals surface area contributed by atoms with E-state index in [1.807, 2.05) is 6.92 Å². The van der Waals surface area contributed by atoms with Crippen LogP contribution < -0.4 is 5.32 Å². The first-order valence-corrected chi connectivity index (χ1v) is 8.21. The van der Waals surface area contributed by atoms with Crippen molar-refractivity contribution in [1.29, 1.82) is 0 Å². The molecule has 0 amide bonds. The second-order valence-electron chi connectivity index (χ2n) is 6.93. The highest BCUT2D eigenvalue weighted by molar-refractivity contribution is 5.76. The van der Waals surface area contributed by atoms with Crippen molar-refractivity contribution in [2.24, 2.45) is 5.41 Å². The molecule has 1 N–H and O–H groups in total. The maximum atomic E-state index is 11.8. The first-order valence-electron chi connectivity index (χ1n) is 8.21. The summed E-state index contributed by atoms with van der Waals surface area (Å²) < 4.78 is 4.94. The Morgan fingerprint density at radius 1 is 1.27 bits per heavy atom. The summed E-state index contributed by atoms with van der Waals surface area (Å²) in [5.41, 5.74) is 2.50. The van der Waals surface area contributed by atoms with Gasteiger partial charge >= 0.3 is 5.97 Å². The highest BCUT2D eigenvalue weighted by Crippen LogP contribution is 2.32. The molecule has 2 saturated heterocycles. The molecule has 0 saturated carbocycles. The molecule has 22 heavy (non-hydrogen) atoms. The summed E-state index contributed by atoms with van der Waals surface area (Å²) in [4.78, 5) is 14.3. The highest BCUT2D eigenvalue weighted by atomic mass is 16.5. The standard InChI is InChI=1S/C18H26N2O2/c1-18(17(21)22-2)7-9-20(10-8-18)13-14-3-5-15(6-4-14)16-11-19-12-16/h3-6,16,19H,7-13H2,1-2H3. The number of ether oxygens (including phenoxy) is 1. The molecule has 3 rings (SSSR count). The molecule has 2 aliphatic heterocycles. The number of hydrogen-bond acceptors (Lipinski definition) is 4. The second kappa shape index (κ2) is 6.39. The topological polar surface area (TPSA) is 41.6 Å². The van der Waals surface area contributed by atoms with Gasteiger partial charge in [0.15, 0.2) is 0 Å². The maximum Gasteiger partial charge on any atom is 0.311 e. The van der Waals surface area contributed by atoms with Crippen molar-refractivity contribution in [1.82, 2.24) is 10.2 Å². The zero-order chi connectivity index (χ0) is 15.6. The van der Waals surface area contributed by atoms with E-state index < -0.39 is 0 Å². The Bertz CT molecular complexity index is 514. The van der Waals surface area contributed by atoms with Gasteiger partial charge in [0.25, 0.3) is 0 Å². The van der Waals surface area contributed by atoms with Gasteiger partial charge in [0.05, 0.1) is 12.5 Å². The minimum absolute atomic E-state index is 0.0642. The maximum absolute atomic E-state index is 11.8. The average molecular weight is 302 g/mol. The van der Waals surface area contributed by atoms with E-state index in [0.717, 1.165) is 45.6 Å². The molecule has 2 aliphatic rings. The molecule has 0 aromatic heterocycles. The van der Waals surface area contributed by atoms with E-state index in [1.165, 1.54) is 18.2 Å². The van der Waals surface area contributed by atoms with Crippen molar-refractivity contribution >= 4 is 5.97 Å². The zero-order valence-corrected chi connectivity index (χ0v) is 13.6. The third kappa shape index (κ3) is 3.18. The van der Waals surface area contributed by atoms with Gasteiger partial charge in [-0.25, -0.2) is 0 Å². The van der Waals surface area contributed by atoms with Crippen LogP contribution in [0.15, 0.2) is 24.3 Å². The highest BCUT2D eigenvalue weighted by Gasteiger charge is 2.37. The minimum atomic E-state index is -0.299. The number of nitrogens with one attached hydrogen (secondary N) is 1. The summed E-state index contributed by atoms with van der Waals surface area (Å²) in [5.74, 6) is 0.635. The number of benzene rings is 1. The molecule has 2 heterocycles. The van der Waals surface area contributed by atoms with Gasteiger partial charge in [-0.05, 0) is 44.0 Å². The molecule has 4 heteroatoms. The zero-order valence-electron chi connectivity index (χ0n) is 13.6. The Morgan fingerprint density at radius 2 is 1.91 bits per heavy atom. The molecule has 0 unspecified atom stereocenters. The minimum Gasteiger partial charge on any atom is -0.469 e. The van der Waals surface area contributed by atoms with Crippen LogP contribution in [-0.4, -0.2) is 44.2 Å². The van der Waals surface area contributed by atoms with Crippen molar-refractivity contribution in [2.45, 2.75) is 32.2 Å². The fourth-order valence-corrected chi connectivity index (χ4v) is 3.33. The molecule has 120 valence electrons. The van der Waals surface area contributed by atoms with Gasteiger partial charge in [-0.15, -0.1) is 0 Å². The first-order chi connectivity index (χ1) is 10.6. The van der Waals surface area contributed by atoms with E-state index in [4.69, 9.17) is 4.74 Å². The summed E-state index contributed by atoms with van der Waals surface area (Å²) in [6.07, 6.45) is 1.76. The molecule has 4 nitrogen and oxygen atoms in total. The summed E-state index contributed by atoms with van der Waals surface area (Å²) in [5, 5.41) is 3.32. The van der Waals surface area contributed by atoms with Crippen molar-refractivity contribution in [3.8, 4) is 0 Å². The van der Waals surface area contributed by atoms with Crippen molar-refractivity contribution in [3.05, 3.63) is 35.4 Å². The molecular formula is C18H26N2O2. The fraction of sp³-hybridized carbons (Fsp3) is 0.611. The van der Waals surface area contributed by atoms with Gasteiger partial charge in [0.1, 0.15) is 0 Å². The Labute approximate surface area is 132 Å². The largest absolute Gasteiger partial charge is 0.469 e. The van der Waals surface area contributed by atoms with Crippen molar-refractivity contribution in [2.75, 3.05) is 33.3 Å². The van der Waals surface area contributed by atoms with Crippen LogP contribution in [0, 0.1) is 5.41 Å². The summed E-state index contributed by atoms with van der Waals surface area (Å²) in [6.45, 7) is 7.13. The monoisotopic (exact) mass is 302 g/mol. The van der Waals surface area contributed by atoms with Crippen molar-refractivity contribution in [3.63, 3.8) is 0 Å². The van der Waals surface area contributed by atoms with Crippen LogP contribution >= 0.6 is 0 Å². The van der Waals surface area contributed by atoms with Crippen LogP contribution in [0.2, 0.25) is 0 Å². The Hall–Kier alpha value is -1.39. The molecular weight excluding hydrogens is 276 g/mol. The second-order valence-corrected chi connectivity index (χ2v) is 6.93. The van der Waals surface area contributed by atoms with Gasteiger partial charge < -0.3 is 10.1 Å². The predicted octanol–water partition coefficient (Wildman–Crippen LogP) is 2.15. The first kappa shape index (κ1) is 15.5. The van der Waals surface area contributed by atoms with Gasteiger partial charge in [-0.1, -0.05) is 24.3 Å². The summed E-state index contributed by atoms with van der Waals surface area (Å²) in [6, 6.07) is 9.04. The predicted molar refractivity (Wildman–Crippen MR) is 86.7 cm³/mol. The van der Waals surface area contributed by atoms with E-state index in [-0.39, 0.29) is 11.4 Å². The van der Waals surface area contributed by atoms with E-state index in [2.05, 4.69) is 34.5 Å². The third-order valence-corrected chi connectivity index (χ3v) is 5.28. The molecule has 0 bridgehead atoms. The molecule has 1 aromatic rings. The fourth-order valence-electron chi connectivity index (χ4n) is 3.33. The Balaban J connectivity index is 1.53. The number of methoxy groups -OCH3 is 1. The van der Waals surface area contributed by atoms with Crippen LogP contribution in [0.5, 0.6) is 0 Å². The lowest BCUT2D eigenvalue weighted by atomic mass is 9.80. The number of piperidine rings is 1. The third-order valence-electron chi connectivity index (χ3n) is 5.28. The van der Waals surface area contributed by atoms with Gasteiger partial charge in [0, 0.05) is 25.6 Å². The van der Waals surface area contributed by atoms with Gasteiger partial charge in [-0.3, -0.25) is 9.69 Å². The molecule has 1 aromatic carbocycles. The van der Waals surface area contributed by atoms with Crippen molar-refractivity contribution < 1.29 is 9.53 Å². The van der Waals surface area contributed by atoms with Gasteiger partial charge in [-0.2, -0.15) is 0 Å². The number of carbonyl (C=O) groups excluding carboxylic acids is 1. The lowest BCUT2D eigenvalue weighted by Crippen LogP contribution is -2.42. The van der Waals surface area contributed by atoms with Crippen LogP contribution in [-0.2, 0) is 16.1 Å². The number of nitrogens with zero attached hydrogens (tertiary/aromatic N) is 1. The quantitative estimate of drug-likeness (QED) is 0.865. The number of esters is 1. The number of rotatable bonds is 4. The smallest absolute Gasteiger partial charge is 0.311 e. The summed E-state index contributed by atoms with van der Waals surface area (Å²) in [7, 11) is 1.49. The van der Waals surface area contributed by atoms with E-state index >= 15 is 0 Å². The average Bonchev–Trinajstić information content (AvgIpc) is 2.49. The molecule has 0 aliphatic carbocycles. The molecule has 0 atom stereocenters. The van der Waals surface area contributed by atoms with E-state index in [1.54, 1.807) is 0 Å². The number of hydrogen-bond donors (Lipinski definition) is 1. The SMILES string of the molecule is COC(=O)C1(C)CCN(Cc2ccc(C3CNC3)cc2)CC1. The van der Waals surface area contributed by atoms with Gasteiger partial charge in [0.2, 0.25) is 0 Å².